The number of likely N-dealkylation sites (tertiary alicyclic amines) is 1. The van der Waals surface area contributed by atoms with Gasteiger partial charge in [-0.1, -0.05) is 36.7 Å². The Balaban J connectivity index is 1.50. The third-order valence-electron chi connectivity index (χ3n) is 6.46. The molecule has 1 aliphatic heterocycles. The number of aromatic nitrogens is 2. The quantitative estimate of drug-likeness (QED) is 0.408. The molecule has 2 heterocycles. The first-order chi connectivity index (χ1) is 16.9. The predicted octanol–water partition coefficient (Wildman–Crippen LogP) is 5.76. The lowest BCUT2D eigenvalue weighted by molar-refractivity contribution is -0.141. The largest absolute Gasteiger partial charge is 0.489 e. The second-order valence-electron chi connectivity index (χ2n) is 9.28. The van der Waals surface area contributed by atoms with Crippen molar-refractivity contribution in [1.29, 1.82) is 0 Å². The number of nitrogens with zero attached hydrogens (tertiary/aromatic N) is 3. The molecule has 1 fully saturated rings. The second kappa shape index (κ2) is 11.2. The zero-order valence-electron chi connectivity index (χ0n) is 20.5. The van der Waals surface area contributed by atoms with Gasteiger partial charge in [0.2, 0.25) is 0 Å². The molecule has 4 rings (SSSR count). The maximum atomic E-state index is 11.3. The fourth-order valence-electron chi connectivity index (χ4n) is 4.68. The molecular formula is C28H32ClN3O3. The minimum absolute atomic E-state index is 0.0504. The lowest BCUT2D eigenvalue weighted by atomic mass is 9.93. The van der Waals surface area contributed by atoms with Crippen molar-refractivity contribution in [3.8, 4) is 28.3 Å². The summed E-state index contributed by atoms with van der Waals surface area (Å²) in [5, 5.41) is 9.80. The highest BCUT2D eigenvalue weighted by Gasteiger charge is 2.27. The molecule has 0 saturated carbocycles. The van der Waals surface area contributed by atoms with E-state index in [9.17, 15) is 9.90 Å². The van der Waals surface area contributed by atoms with Crippen molar-refractivity contribution in [3.63, 3.8) is 0 Å². The van der Waals surface area contributed by atoms with E-state index in [1.54, 1.807) is 0 Å². The smallest absolute Gasteiger partial charge is 0.307 e. The molecule has 0 spiro atoms. The number of hydrogen-bond acceptors (Lipinski definition) is 5. The van der Waals surface area contributed by atoms with Gasteiger partial charge in [-0.15, -0.1) is 0 Å². The van der Waals surface area contributed by atoms with Crippen LogP contribution >= 0.6 is 11.6 Å². The van der Waals surface area contributed by atoms with Gasteiger partial charge in [0.05, 0.1) is 17.0 Å². The molecular weight excluding hydrogens is 462 g/mol. The van der Waals surface area contributed by atoms with Gasteiger partial charge in [-0.2, -0.15) is 0 Å². The van der Waals surface area contributed by atoms with Gasteiger partial charge in [0.15, 0.2) is 5.82 Å². The number of rotatable bonds is 9. The van der Waals surface area contributed by atoms with Crippen molar-refractivity contribution in [3.05, 3.63) is 64.9 Å². The Labute approximate surface area is 211 Å². The molecule has 0 bridgehead atoms. The Morgan fingerprint density at radius 2 is 1.97 bits per heavy atom. The summed E-state index contributed by atoms with van der Waals surface area (Å²) in [6.45, 7) is 8.45. The molecule has 7 heteroatoms. The Morgan fingerprint density at radius 1 is 1.20 bits per heavy atom. The SMILES string of the molecule is CCc1c(CCN2CCC(C(=O)O)C2)cccc1-c1cnc(-c2ccc(OC(C)C)c(Cl)c2)nc1. The molecule has 0 amide bonds. The topological polar surface area (TPSA) is 75.6 Å². The molecule has 2 aromatic carbocycles. The van der Waals surface area contributed by atoms with Crippen LogP contribution in [-0.4, -0.2) is 51.7 Å². The Morgan fingerprint density at radius 3 is 2.60 bits per heavy atom. The summed E-state index contributed by atoms with van der Waals surface area (Å²) >= 11 is 6.39. The Hall–Kier alpha value is -2.96. The van der Waals surface area contributed by atoms with Crippen LogP contribution < -0.4 is 4.74 Å². The van der Waals surface area contributed by atoms with Crippen LogP contribution in [0.4, 0.5) is 0 Å². The Bertz CT molecular complexity index is 1180. The van der Waals surface area contributed by atoms with Crippen LogP contribution in [0, 0.1) is 5.92 Å². The monoisotopic (exact) mass is 493 g/mol. The maximum absolute atomic E-state index is 11.3. The highest BCUT2D eigenvalue weighted by atomic mass is 35.5. The normalized spacial score (nSPS) is 16.1. The van der Waals surface area contributed by atoms with Crippen LogP contribution in [0.5, 0.6) is 5.75 Å². The summed E-state index contributed by atoms with van der Waals surface area (Å²) in [5.74, 6) is 0.340. The summed E-state index contributed by atoms with van der Waals surface area (Å²) in [6, 6.07) is 12.0. The standard InChI is InChI=1S/C28H32ClN3O3/c1-4-23-19(10-12-32-13-11-21(17-32)28(33)34)6-5-7-24(23)22-15-30-27(31-16-22)20-8-9-26(25(29)14-20)35-18(2)3/h5-9,14-16,18,21H,4,10-13,17H2,1-3H3,(H,33,34). The van der Waals surface area contributed by atoms with Crippen molar-refractivity contribution < 1.29 is 14.6 Å². The van der Waals surface area contributed by atoms with E-state index in [0.717, 1.165) is 49.0 Å². The molecule has 35 heavy (non-hydrogen) atoms. The molecule has 1 aliphatic rings. The van der Waals surface area contributed by atoms with Crippen molar-refractivity contribution in [2.24, 2.45) is 5.92 Å². The molecule has 3 aromatic rings. The summed E-state index contributed by atoms with van der Waals surface area (Å²) < 4.78 is 5.72. The lowest BCUT2D eigenvalue weighted by Crippen LogP contribution is -2.25. The molecule has 1 aromatic heterocycles. The Kier molecular flexibility index (Phi) is 8.04. The zero-order chi connectivity index (χ0) is 24.9. The third-order valence-corrected chi connectivity index (χ3v) is 6.76. The highest BCUT2D eigenvalue weighted by Crippen LogP contribution is 2.31. The first-order valence-corrected chi connectivity index (χ1v) is 12.6. The van der Waals surface area contributed by atoms with Gasteiger partial charge in [0.1, 0.15) is 5.75 Å². The van der Waals surface area contributed by atoms with E-state index in [1.165, 1.54) is 11.1 Å². The summed E-state index contributed by atoms with van der Waals surface area (Å²) in [6.07, 6.45) is 6.31. The van der Waals surface area contributed by atoms with E-state index in [1.807, 2.05) is 44.4 Å². The van der Waals surface area contributed by atoms with E-state index in [0.29, 0.717) is 23.1 Å². The van der Waals surface area contributed by atoms with Gasteiger partial charge in [-0.25, -0.2) is 9.97 Å². The maximum Gasteiger partial charge on any atom is 0.307 e. The second-order valence-corrected chi connectivity index (χ2v) is 9.69. The van der Waals surface area contributed by atoms with Crippen LogP contribution in [0.25, 0.3) is 22.5 Å². The summed E-state index contributed by atoms with van der Waals surface area (Å²) in [4.78, 5) is 22.8. The van der Waals surface area contributed by atoms with Gasteiger partial charge >= 0.3 is 5.97 Å². The minimum atomic E-state index is -0.686. The van der Waals surface area contributed by atoms with Crippen molar-refractivity contribution >= 4 is 17.6 Å². The number of halogens is 1. The average molecular weight is 494 g/mol. The average Bonchev–Trinajstić information content (AvgIpc) is 3.33. The number of carboxylic acid groups (broad SMARTS) is 1. The molecule has 6 nitrogen and oxygen atoms in total. The van der Waals surface area contributed by atoms with Gasteiger partial charge < -0.3 is 14.7 Å². The number of ether oxygens (including phenoxy) is 1. The number of benzene rings is 2. The number of carboxylic acids is 1. The molecule has 0 radical (unpaired) electrons. The van der Waals surface area contributed by atoms with E-state index in [2.05, 4.69) is 40.0 Å². The summed E-state index contributed by atoms with van der Waals surface area (Å²) in [7, 11) is 0. The van der Waals surface area contributed by atoms with Gasteiger partial charge in [-0.3, -0.25) is 4.79 Å². The number of carbonyl (C=O) groups is 1. The lowest BCUT2D eigenvalue weighted by Gasteiger charge is -2.18. The van der Waals surface area contributed by atoms with Crippen molar-refractivity contribution in [2.75, 3.05) is 19.6 Å². The molecule has 0 aliphatic carbocycles. The van der Waals surface area contributed by atoms with Gasteiger partial charge in [-0.05, 0) is 74.5 Å². The van der Waals surface area contributed by atoms with Gasteiger partial charge in [0.25, 0.3) is 0 Å². The first-order valence-electron chi connectivity index (χ1n) is 12.2. The molecule has 1 atom stereocenters. The number of aliphatic carboxylic acids is 1. The van der Waals surface area contributed by atoms with Crippen LogP contribution in [0.1, 0.15) is 38.3 Å². The van der Waals surface area contributed by atoms with E-state index < -0.39 is 5.97 Å². The van der Waals surface area contributed by atoms with Crippen LogP contribution in [0.2, 0.25) is 5.02 Å². The zero-order valence-corrected chi connectivity index (χ0v) is 21.3. The summed E-state index contributed by atoms with van der Waals surface area (Å²) in [5.41, 5.74) is 5.54. The number of hydrogen-bond donors (Lipinski definition) is 1. The highest BCUT2D eigenvalue weighted by molar-refractivity contribution is 6.32. The van der Waals surface area contributed by atoms with Gasteiger partial charge in [0, 0.05) is 36.6 Å². The van der Waals surface area contributed by atoms with Crippen LogP contribution in [-0.2, 0) is 17.6 Å². The molecule has 1 saturated heterocycles. The van der Waals surface area contributed by atoms with E-state index >= 15 is 0 Å². The fraction of sp³-hybridized carbons (Fsp3) is 0.393. The molecule has 1 N–H and O–H groups in total. The van der Waals surface area contributed by atoms with Crippen LogP contribution in [0.15, 0.2) is 48.8 Å². The first kappa shape index (κ1) is 25.1. The van der Waals surface area contributed by atoms with E-state index in [-0.39, 0.29) is 12.0 Å². The van der Waals surface area contributed by atoms with E-state index in [4.69, 9.17) is 16.3 Å². The molecule has 1 unspecified atom stereocenters. The van der Waals surface area contributed by atoms with Crippen molar-refractivity contribution in [2.45, 2.75) is 46.1 Å². The van der Waals surface area contributed by atoms with Crippen molar-refractivity contribution in [1.82, 2.24) is 14.9 Å². The third kappa shape index (κ3) is 6.00. The fourth-order valence-corrected chi connectivity index (χ4v) is 4.90. The molecule has 184 valence electrons. The van der Waals surface area contributed by atoms with Crippen LogP contribution in [0.3, 0.4) is 0 Å². The predicted molar refractivity (Wildman–Crippen MR) is 139 cm³/mol. The minimum Gasteiger partial charge on any atom is -0.489 e.